The Morgan fingerprint density at radius 3 is 2.44 bits per heavy atom. The van der Waals surface area contributed by atoms with Crippen molar-refractivity contribution in [3.8, 4) is 23.0 Å². The first-order valence-corrected chi connectivity index (χ1v) is 8.35. The minimum absolute atomic E-state index is 0.209. The lowest BCUT2D eigenvalue weighted by Crippen LogP contribution is -2.11. The molecule has 0 bridgehead atoms. The van der Waals surface area contributed by atoms with Gasteiger partial charge in [0.1, 0.15) is 17.1 Å². The average Bonchev–Trinajstić information content (AvgIpc) is 3.18. The summed E-state index contributed by atoms with van der Waals surface area (Å²) < 4.78 is 21.5. The quantitative estimate of drug-likeness (QED) is 0.609. The van der Waals surface area contributed by atoms with Gasteiger partial charge in [-0.25, -0.2) is 4.79 Å². The number of carbonyl (C=O) groups is 1. The third-order valence-electron chi connectivity index (χ3n) is 3.98. The summed E-state index contributed by atoms with van der Waals surface area (Å²) in [6, 6.07) is 12.5. The number of aryl methyl sites for hydroxylation is 1. The molecule has 3 aromatic rings. The summed E-state index contributed by atoms with van der Waals surface area (Å²) in [5.41, 5.74) is 2.02. The van der Waals surface area contributed by atoms with Gasteiger partial charge in [-0.05, 0) is 50.2 Å². The van der Waals surface area contributed by atoms with Gasteiger partial charge in [0.25, 0.3) is 5.89 Å². The Kier molecular flexibility index (Phi) is 5.40. The number of benzene rings is 2. The molecular weight excluding hydrogens is 348 g/mol. The number of hydrogen-bond donors (Lipinski definition) is 0. The lowest BCUT2D eigenvalue weighted by Gasteiger charge is -2.12. The van der Waals surface area contributed by atoms with Crippen LogP contribution in [0.2, 0.25) is 0 Å². The van der Waals surface area contributed by atoms with Crippen LogP contribution >= 0.6 is 0 Å². The number of aromatic nitrogens is 2. The van der Waals surface area contributed by atoms with E-state index >= 15 is 0 Å². The second kappa shape index (κ2) is 7.90. The number of methoxy groups -OCH3 is 2. The Morgan fingerprint density at radius 2 is 1.78 bits per heavy atom. The first kappa shape index (κ1) is 18.4. The fourth-order valence-electron chi connectivity index (χ4n) is 2.50. The molecule has 0 fully saturated rings. The molecule has 0 aliphatic rings. The zero-order valence-corrected chi connectivity index (χ0v) is 15.6. The molecule has 0 unspecified atom stereocenters. The van der Waals surface area contributed by atoms with E-state index in [2.05, 4.69) is 10.2 Å². The van der Waals surface area contributed by atoms with Crippen molar-refractivity contribution in [1.82, 2.24) is 10.2 Å². The van der Waals surface area contributed by atoms with Crippen LogP contribution in [-0.2, 0) is 4.74 Å². The third-order valence-corrected chi connectivity index (χ3v) is 3.98. The van der Waals surface area contributed by atoms with E-state index in [0.29, 0.717) is 17.2 Å². The molecule has 3 rings (SSSR count). The molecule has 1 atom stereocenters. The zero-order valence-electron chi connectivity index (χ0n) is 15.6. The number of hydrogen-bond acceptors (Lipinski definition) is 7. The molecule has 0 spiro atoms. The first-order valence-electron chi connectivity index (χ1n) is 8.35. The summed E-state index contributed by atoms with van der Waals surface area (Å²) >= 11 is 0. The maximum absolute atomic E-state index is 12.5. The molecule has 27 heavy (non-hydrogen) atoms. The van der Waals surface area contributed by atoms with Gasteiger partial charge < -0.3 is 18.6 Å². The lowest BCUT2D eigenvalue weighted by atomic mass is 10.1. The van der Waals surface area contributed by atoms with Crippen molar-refractivity contribution >= 4 is 5.97 Å². The van der Waals surface area contributed by atoms with Gasteiger partial charge in [-0.15, -0.1) is 10.2 Å². The van der Waals surface area contributed by atoms with Gasteiger partial charge in [0.2, 0.25) is 5.89 Å². The minimum atomic E-state index is -0.706. The van der Waals surface area contributed by atoms with Crippen LogP contribution in [0.15, 0.2) is 46.9 Å². The van der Waals surface area contributed by atoms with E-state index in [1.165, 1.54) is 7.11 Å². The van der Waals surface area contributed by atoms with Crippen LogP contribution in [0.25, 0.3) is 11.5 Å². The van der Waals surface area contributed by atoms with Crippen LogP contribution in [0.5, 0.6) is 11.5 Å². The predicted octanol–water partition coefficient (Wildman–Crippen LogP) is 3.98. The zero-order chi connectivity index (χ0) is 19.4. The van der Waals surface area contributed by atoms with Crippen LogP contribution in [-0.4, -0.2) is 30.4 Å². The number of ether oxygens (including phenoxy) is 3. The van der Waals surface area contributed by atoms with Crippen LogP contribution in [0.3, 0.4) is 0 Å². The highest BCUT2D eigenvalue weighted by atomic mass is 16.6. The van der Waals surface area contributed by atoms with E-state index in [0.717, 1.165) is 16.9 Å². The van der Waals surface area contributed by atoms with Crippen LogP contribution < -0.4 is 9.47 Å². The smallest absolute Gasteiger partial charge is 0.342 e. The molecule has 0 saturated heterocycles. The fourth-order valence-corrected chi connectivity index (χ4v) is 2.50. The Labute approximate surface area is 156 Å². The standard InChI is InChI=1S/C20H20N2O5/c1-12-5-10-17(25-4)16(11-12)20(23)26-13(2)18-21-22-19(27-18)14-6-8-15(24-3)9-7-14/h5-11,13H,1-4H3/t13-/m0/s1. The van der Waals surface area contributed by atoms with Gasteiger partial charge >= 0.3 is 5.97 Å². The number of carbonyl (C=O) groups excluding carboxylic acids is 1. The number of nitrogens with zero attached hydrogens (tertiary/aromatic N) is 2. The summed E-state index contributed by atoms with van der Waals surface area (Å²) in [4.78, 5) is 12.5. The second-order valence-electron chi connectivity index (χ2n) is 5.93. The number of esters is 1. The summed E-state index contributed by atoms with van der Waals surface area (Å²) in [5.74, 6) is 1.20. The Bertz CT molecular complexity index is 934. The van der Waals surface area contributed by atoms with Crippen molar-refractivity contribution in [2.45, 2.75) is 20.0 Å². The largest absolute Gasteiger partial charge is 0.497 e. The highest BCUT2D eigenvalue weighted by Crippen LogP contribution is 2.26. The Hall–Kier alpha value is -3.35. The van der Waals surface area contributed by atoms with E-state index in [-0.39, 0.29) is 5.89 Å². The van der Waals surface area contributed by atoms with Gasteiger partial charge in [-0.1, -0.05) is 11.6 Å². The molecule has 2 aromatic carbocycles. The maximum atomic E-state index is 12.5. The van der Waals surface area contributed by atoms with Crippen LogP contribution in [0.4, 0.5) is 0 Å². The van der Waals surface area contributed by atoms with Crippen molar-refractivity contribution in [2.24, 2.45) is 0 Å². The molecule has 0 aliphatic carbocycles. The summed E-state index contributed by atoms with van der Waals surface area (Å²) in [5, 5.41) is 8.00. The molecular formula is C20H20N2O5. The summed E-state index contributed by atoms with van der Waals surface area (Å²) in [6.45, 7) is 3.56. The van der Waals surface area contributed by atoms with Gasteiger partial charge in [0.05, 0.1) is 14.2 Å². The normalized spacial score (nSPS) is 11.7. The van der Waals surface area contributed by atoms with E-state index in [1.54, 1.807) is 38.3 Å². The topological polar surface area (TPSA) is 83.7 Å². The molecule has 1 aromatic heterocycles. The molecule has 1 heterocycles. The molecule has 0 radical (unpaired) electrons. The predicted molar refractivity (Wildman–Crippen MR) is 97.8 cm³/mol. The second-order valence-corrected chi connectivity index (χ2v) is 5.93. The Morgan fingerprint density at radius 1 is 1.04 bits per heavy atom. The van der Waals surface area contributed by atoms with E-state index in [4.69, 9.17) is 18.6 Å². The Balaban J connectivity index is 1.75. The first-order chi connectivity index (χ1) is 13.0. The fraction of sp³-hybridized carbons (Fsp3) is 0.250. The molecule has 0 saturated carbocycles. The van der Waals surface area contributed by atoms with Crippen molar-refractivity contribution in [2.75, 3.05) is 14.2 Å². The highest BCUT2D eigenvalue weighted by molar-refractivity contribution is 5.92. The average molecular weight is 368 g/mol. The molecule has 7 nitrogen and oxygen atoms in total. The van der Waals surface area contributed by atoms with Crippen molar-refractivity contribution in [3.63, 3.8) is 0 Å². The van der Waals surface area contributed by atoms with E-state index in [9.17, 15) is 4.79 Å². The van der Waals surface area contributed by atoms with E-state index in [1.807, 2.05) is 25.1 Å². The minimum Gasteiger partial charge on any atom is -0.497 e. The monoisotopic (exact) mass is 368 g/mol. The lowest BCUT2D eigenvalue weighted by molar-refractivity contribution is 0.0276. The van der Waals surface area contributed by atoms with Crippen molar-refractivity contribution in [3.05, 3.63) is 59.5 Å². The summed E-state index contributed by atoms with van der Waals surface area (Å²) in [7, 11) is 3.10. The van der Waals surface area contributed by atoms with Gasteiger partial charge in [-0.3, -0.25) is 0 Å². The van der Waals surface area contributed by atoms with Gasteiger partial charge in [0, 0.05) is 5.56 Å². The summed E-state index contributed by atoms with van der Waals surface area (Å²) in [6.07, 6.45) is -0.706. The van der Waals surface area contributed by atoms with Gasteiger partial charge in [0.15, 0.2) is 6.10 Å². The van der Waals surface area contributed by atoms with Crippen LogP contribution in [0.1, 0.15) is 34.8 Å². The van der Waals surface area contributed by atoms with E-state index < -0.39 is 12.1 Å². The SMILES string of the molecule is COc1ccc(-c2nnc([C@H](C)OC(=O)c3cc(C)ccc3OC)o2)cc1. The van der Waals surface area contributed by atoms with Gasteiger partial charge in [-0.2, -0.15) is 0 Å². The van der Waals surface area contributed by atoms with Crippen molar-refractivity contribution in [1.29, 1.82) is 0 Å². The molecule has 0 N–H and O–H groups in total. The molecule has 0 aliphatic heterocycles. The molecule has 0 amide bonds. The maximum Gasteiger partial charge on any atom is 0.342 e. The van der Waals surface area contributed by atoms with Crippen molar-refractivity contribution < 1.29 is 23.4 Å². The third kappa shape index (κ3) is 4.08. The van der Waals surface area contributed by atoms with Crippen LogP contribution in [0, 0.1) is 6.92 Å². The molecule has 140 valence electrons. The molecule has 7 heteroatoms. The number of rotatable bonds is 6. The highest BCUT2D eigenvalue weighted by Gasteiger charge is 2.22.